The zero-order valence-corrected chi connectivity index (χ0v) is 21.0. The zero-order chi connectivity index (χ0) is 27.0. The highest BCUT2D eigenvalue weighted by Crippen LogP contribution is 2.34. The van der Waals surface area contributed by atoms with E-state index >= 15 is 0 Å². The maximum atomic E-state index is 13.3. The number of aromatic nitrogens is 1. The number of sulfonamides is 1. The maximum absolute atomic E-state index is 13.3. The molecular weight excluding hydrogens is 529 g/mol. The third kappa shape index (κ3) is 7.07. The van der Waals surface area contributed by atoms with Crippen LogP contribution < -0.4 is 10.4 Å². The standard InChI is InChI=1S/C18H26N4O5S2.C2HF3O2/c1-2-3-4-5-15-14-19-17(28-15)21-8-10-22(11-9-21)29(25,26)18(16(23)20-24)6-12-27-13-7-18;3-2(4,5)1(6)7/h14,24H,2-3,6-13H2,1H3,(H,20,23);(H,6,7). The molecule has 3 N–H and O–H groups in total. The molecule has 1 aromatic heterocycles. The number of piperazine rings is 1. The van der Waals surface area contributed by atoms with Gasteiger partial charge in [-0.1, -0.05) is 30.1 Å². The van der Waals surface area contributed by atoms with E-state index < -0.39 is 32.8 Å². The molecule has 0 aliphatic carbocycles. The number of aliphatic carboxylic acids is 1. The smallest absolute Gasteiger partial charge is 0.475 e. The number of carboxylic acids is 1. The Bertz CT molecular complexity index is 1070. The molecule has 0 spiro atoms. The fraction of sp³-hybridized carbons (Fsp3) is 0.650. The molecule has 0 aromatic carbocycles. The van der Waals surface area contributed by atoms with Gasteiger partial charge >= 0.3 is 12.1 Å². The molecular formula is C20H27F3N4O7S2. The van der Waals surface area contributed by atoms with Crippen molar-refractivity contribution in [1.82, 2.24) is 14.8 Å². The quantitative estimate of drug-likeness (QED) is 0.278. The molecule has 2 saturated heterocycles. The van der Waals surface area contributed by atoms with Crippen molar-refractivity contribution in [3.63, 3.8) is 0 Å². The van der Waals surface area contributed by atoms with Crippen LogP contribution in [0.25, 0.3) is 0 Å². The summed E-state index contributed by atoms with van der Waals surface area (Å²) < 4.78 is 63.2. The summed E-state index contributed by atoms with van der Waals surface area (Å²) in [5.41, 5.74) is 1.55. The Morgan fingerprint density at radius 2 is 1.83 bits per heavy atom. The van der Waals surface area contributed by atoms with Gasteiger partial charge in [-0.05, 0) is 6.42 Å². The summed E-state index contributed by atoms with van der Waals surface area (Å²) in [5, 5.41) is 17.1. The van der Waals surface area contributed by atoms with Gasteiger partial charge in [-0.15, -0.1) is 0 Å². The van der Waals surface area contributed by atoms with Gasteiger partial charge in [0, 0.05) is 58.7 Å². The first-order chi connectivity index (χ1) is 16.9. The van der Waals surface area contributed by atoms with E-state index in [1.165, 1.54) is 15.6 Å². The van der Waals surface area contributed by atoms with Crippen molar-refractivity contribution >= 4 is 38.4 Å². The maximum Gasteiger partial charge on any atom is 0.490 e. The summed E-state index contributed by atoms with van der Waals surface area (Å²) in [4.78, 5) is 28.6. The highest BCUT2D eigenvalue weighted by atomic mass is 32.2. The number of carbonyl (C=O) groups excluding carboxylic acids is 1. The number of thiazole rings is 1. The van der Waals surface area contributed by atoms with Gasteiger partial charge in [-0.25, -0.2) is 23.7 Å². The molecule has 16 heteroatoms. The number of alkyl halides is 3. The number of carbonyl (C=O) groups is 2. The lowest BCUT2D eigenvalue weighted by atomic mass is 9.98. The van der Waals surface area contributed by atoms with Gasteiger partial charge in [0.25, 0.3) is 5.91 Å². The Morgan fingerprint density at radius 3 is 2.33 bits per heavy atom. The molecule has 2 aliphatic rings. The van der Waals surface area contributed by atoms with Crippen molar-refractivity contribution in [2.75, 3.05) is 44.3 Å². The first kappa shape index (κ1) is 29.8. The van der Waals surface area contributed by atoms with E-state index in [4.69, 9.17) is 19.8 Å². The minimum atomic E-state index is -5.08. The van der Waals surface area contributed by atoms with Gasteiger partial charge in [0.1, 0.15) is 0 Å². The fourth-order valence-electron chi connectivity index (χ4n) is 3.52. The molecule has 1 amide bonds. The molecule has 0 unspecified atom stereocenters. The van der Waals surface area contributed by atoms with Crippen molar-refractivity contribution < 1.29 is 46.2 Å². The average Bonchev–Trinajstić information content (AvgIpc) is 3.33. The molecule has 3 heterocycles. The van der Waals surface area contributed by atoms with Gasteiger partial charge < -0.3 is 14.7 Å². The molecule has 1 aromatic rings. The Morgan fingerprint density at radius 1 is 1.25 bits per heavy atom. The van der Waals surface area contributed by atoms with Crippen LogP contribution in [0.15, 0.2) is 6.20 Å². The third-order valence-electron chi connectivity index (χ3n) is 5.48. The van der Waals surface area contributed by atoms with E-state index in [1.807, 2.05) is 4.90 Å². The normalized spacial score (nSPS) is 18.3. The molecule has 3 rings (SSSR count). The summed E-state index contributed by atoms with van der Waals surface area (Å²) >= 11 is 1.49. The van der Waals surface area contributed by atoms with Crippen molar-refractivity contribution in [3.05, 3.63) is 11.1 Å². The monoisotopic (exact) mass is 556 g/mol. The Hall–Kier alpha value is -2.45. The van der Waals surface area contributed by atoms with Gasteiger partial charge in [-0.2, -0.15) is 17.5 Å². The van der Waals surface area contributed by atoms with Crippen LogP contribution in [-0.4, -0.2) is 90.2 Å². The van der Waals surface area contributed by atoms with Gasteiger partial charge in [0.2, 0.25) is 10.0 Å². The lowest BCUT2D eigenvalue weighted by Gasteiger charge is -2.41. The number of hydroxylamine groups is 1. The molecule has 202 valence electrons. The van der Waals surface area contributed by atoms with Crippen LogP contribution in [0.5, 0.6) is 0 Å². The molecule has 11 nitrogen and oxygen atoms in total. The molecule has 36 heavy (non-hydrogen) atoms. The molecule has 2 fully saturated rings. The number of nitrogens with zero attached hydrogens (tertiary/aromatic N) is 3. The summed E-state index contributed by atoms with van der Waals surface area (Å²) in [6, 6.07) is 0. The van der Waals surface area contributed by atoms with Gasteiger partial charge in [0.05, 0.1) is 11.1 Å². The van der Waals surface area contributed by atoms with Gasteiger partial charge in [-0.3, -0.25) is 10.0 Å². The number of ether oxygens (including phenoxy) is 1. The van der Waals surface area contributed by atoms with E-state index in [0.717, 1.165) is 22.9 Å². The highest BCUT2D eigenvalue weighted by molar-refractivity contribution is 7.91. The zero-order valence-electron chi connectivity index (χ0n) is 19.4. The van der Waals surface area contributed by atoms with E-state index in [-0.39, 0.29) is 39.1 Å². The van der Waals surface area contributed by atoms with Crippen molar-refractivity contribution in [2.45, 2.75) is 43.5 Å². The number of amides is 1. The van der Waals surface area contributed by atoms with Crippen LogP contribution in [-0.2, 0) is 24.3 Å². The number of nitrogens with one attached hydrogen (secondary N) is 1. The molecule has 0 radical (unpaired) electrons. The summed E-state index contributed by atoms with van der Waals surface area (Å²) in [6.07, 6.45) is -1.44. The second-order valence-electron chi connectivity index (χ2n) is 7.80. The van der Waals surface area contributed by atoms with E-state index in [9.17, 15) is 26.4 Å². The average molecular weight is 557 g/mol. The Kier molecular flexibility index (Phi) is 10.5. The predicted molar refractivity (Wildman–Crippen MR) is 123 cm³/mol. The first-order valence-electron chi connectivity index (χ1n) is 10.9. The largest absolute Gasteiger partial charge is 0.490 e. The van der Waals surface area contributed by atoms with Crippen LogP contribution in [0, 0.1) is 11.8 Å². The second kappa shape index (κ2) is 12.7. The van der Waals surface area contributed by atoms with Crippen molar-refractivity contribution in [1.29, 1.82) is 0 Å². The van der Waals surface area contributed by atoms with Crippen LogP contribution >= 0.6 is 11.3 Å². The van der Waals surface area contributed by atoms with E-state index in [0.29, 0.717) is 13.1 Å². The minimum absolute atomic E-state index is 0.0220. The fourth-order valence-corrected chi connectivity index (χ4v) is 6.46. The molecule has 0 saturated carbocycles. The summed E-state index contributed by atoms with van der Waals surface area (Å²) in [6.45, 7) is 3.85. The predicted octanol–water partition coefficient (Wildman–Crippen LogP) is 1.43. The number of unbranched alkanes of at least 4 members (excludes halogenated alkanes) is 1. The lowest BCUT2D eigenvalue weighted by Crippen LogP contribution is -2.62. The number of hydrogen-bond acceptors (Lipinski definition) is 9. The van der Waals surface area contributed by atoms with Crippen LogP contribution in [0.1, 0.15) is 37.5 Å². The molecule has 0 atom stereocenters. The number of halogens is 3. The number of carboxylic acid groups (broad SMARTS) is 1. The van der Waals surface area contributed by atoms with Gasteiger partial charge in [0.15, 0.2) is 9.88 Å². The first-order valence-corrected chi connectivity index (χ1v) is 13.2. The highest BCUT2D eigenvalue weighted by Gasteiger charge is 2.54. The Labute approximate surface area is 210 Å². The van der Waals surface area contributed by atoms with Crippen molar-refractivity contribution in [2.24, 2.45) is 0 Å². The van der Waals surface area contributed by atoms with E-state index in [2.05, 4.69) is 23.7 Å². The topological polar surface area (TPSA) is 149 Å². The lowest BCUT2D eigenvalue weighted by molar-refractivity contribution is -0.192. The van der Waals surface area contributed by atoms with Crippen LogP contribution in [0.2, 0.25) is 0 Å². The SMILES string of the molecule is CCCC#Cc1cnc(N2CCN(S(=O)(=O)C3(C(=O)NO)CCOCC3)CC2)s1.O=C(O)C(F)(F)F. The number of hydrogen-bond donors (Lipinski definition) is 3. The summed E-state index contributed by atoms with van der Waals surface area (Å²) in [5.74, 6) is 2.55. The van der Waals surface area contributed by atoms with Crippen LogP contribution in [0.4, 0.5) is 18.3 Å². The second-order valence-corrected chi connectivity index (χ2v) is 11.1. The molecule has 0 bridgehead atoms. The molecule has 2 aliphatic heterocycles. The van der Waals surface area contributed by atoms with Crippen molar-refractivity contribution in [3.8, 4) is 11.8 Å². The number of anilines is 1. The third-order valence-corrected chi connectivity index (χ3v) is 9.08. The van der Waals surface area contributed by atoms with E-state index in [1.54, 1.807) is 11.7 Å². The number of rotatable bonds is 5. The Balaban J connectivity index is 0.000000572. The van der Waals surface area contributed by atoms with Crippen LogP contribution in [0.3, 0.4) is 0 Å². The summed E-state index contributed by atoms with van der Waals surface area (Å²) in [7, 11) is -3.96. The minimum Gasteiger partial charge on any atom is -0.475 e.